The zero-order valence-corrected chi connectivity index (χ0v) is 9.60. The molecule has 1 heterocycles. The lowest BCUT2D eigenvalue weighted by Gasteiger charge is -2.22. The van der Waals surface area contributed by atoms with Crippen LogP contribution in [0.1, 0.15) is 12.8 Å². The average molecular weight is 258 g/mol. The van der Waals surface area contributed by atoms with E-state index in [1.807, 2.05) is 0 Å². The Morgan fingerprint density at radius 1 is 1.28 bits per heavy atom. The highest BCUT2D eigenvalue weighted by Crippen LogP contribution is 2.21. The molecule has 1 aliphatic heterocycles. The number of anilines is 1. The van der Waals surface area contributed by atoms with Gasteiger partial charge in [-0.25, -0.2) is 13.2 Å². The Hall–Kier alpha value is -1.56. The van der Waals surface area contributed by atoms with E-state index >= 15 is 0 Å². The largest absolute Gasteiger partial charge is 0.323 e. The summed E-state index contributed by atoms with van der Waals surface area (Å²) < 4.78 is 39.0. The summed E-state index contributed by atoms with van der Waals surface area (Å²) in [5, 5.41) is 5.34. The van der Waals surface area contributed by atoms with Crippen LogP contribution in [0.25, 0.3) is 0 Å². The number of rotatable bonds is 2. The minimum atomic E-state index is -1.57. The summed E-state index contributed by atoms with van der Waals surface area (Å²) in [4.78, 5) is 11.8. The number of carbonyl (C=O) groups is 1. The number of hydrogen-bond donors (Lipinski definition) is 2. The van der Waals surface area contributed by atoms with Crippen LogP contribution >= 0.6 is 0 Å². The van der Waals surface area contributed by atoms with Gasteiger partial charge in [-0.15, -0.1) is 0 Å². The summed E-state index contributed by atoms with van der Waals surface area (Å²) in [6.45, 7) is 1.36. The van der Waals surface area contributed by atoms with Gasteiger partial charge >= 0.3 is 0 Å². The molecule has 98 valence electrons. The molecule has 0 spiro atoms. The molecule has 6 heteroatoms. The Morgan fingerprint density at radius 3 is 2.72 bits per heavy atom. The van der Waals surface area contributed by atoms with Crippen LogP contribution < -0.4 is 10.6 Å². The molecule has 1 unspecified atom stereocenters. The maximum atomic E-state index is 13.3. The predicted octanol–water partition coefficient (Wildman–Crippen LogP) is 2.04. The summed E-state index contributed by atoms with van der Waals surface area (Å²) in [5.41, 5.74) is -0.329. The molecule has 2 rings (SSSR count). The third-order valence-corrected chi connectivity index (χ3v) is 2.96. The van der Waals surface area contributed by atoms with Crippen molar-refractivity contribution >= 4 is 11.6 Å². The number of amides is 1. The zero-order valence-electron chi connectivity index (χ0n) is 9.60. The first-order valence-electron chi connectivity index (χ1n) is 5.74. The van der Waals surface area contributed by atoms with Crippen LogP contribution in [-0.2, 0) is 4.79 Å². The number of halogens is 3. The summed E-state index contributed by atoms with van der Waals surface area (Å²) in [7, 11) is 0. The van der Waals surface area contributed by atoms with Crippen LogP contribution in [0, 0.1) is 23.4 Å². The van der Waals surface area contributed by atoms with E-state index in [9.17, 15) is 18.0 Å². The first-order valence-corrected chi connectivity index (χ1v) is 5.74. The average Bonchev–Trinajstić information content (AvgIpc) is 2.40. The first kappa shape index (κ1) is 12.9. The highest BCUT2D eigenvalue weighted by atomic mass is 19.2. The lowest BCUT2D eigenvalue weighted by Crippen LogP contribution is -2.37. The van der Waals surface area contributed by atoms with E-state index < -0.39 is 17.5 Å². The quantitative estimate of drug-likeness (QED) is 0.797. The van der Waals surface area contributed by atoms with E-state index in [0.29, 0.717) is 13.0 Å². The van der Waals surface area contributed by atoms with Gasteiger partial charge in [0.05, 0.1) is 11.6 Å². The minimum absolute atomic E-state index is 0.272. The first-order chi connectivity index (χ1) is 8.59. The van der Waals surface area contributed by atoms with E-state index in [1.165, 1.54) is 0 Å². The van der Waals surface area contributed by atoms with Crippen molar-refractivity contribution in [1.29, 1.82) is 0 Å². The van der Waals surface area contributed by atoms with Crippen LogP contribution in [0.5, 0.6) is 0 Å². The van der Waals surface area contributed by atoms with E-state index in [0.717, 1.165) is 25.1 Å². The van der Waals surface area contributed by atoms with Gasteiger partial charge in [-0.05, 0) is 31.5 Å². The van der Waals surface area contributed by atoms with Gasteiger partial charge in [-0.3, -0.25) is 4.79 Å². The molecule has 3 nitrogen and oxygen atoms in total. The van der Waals surface area contributed by atoms with Gasteiger partial charge in [-0.1, -0.05) is 0 Å². The Balaban J connectivity index is 2.09. The summed E-state index contributed by atoms with van der Waals surface area (Å²) >= 11 is 0. The van der Waals surface area contributed by atoms with Crippen molar-refractivity contribution < 1.29 is 18.0 Å². The van der Waals surface area contributed by atoms with Crippen LogP contribution in [0.2, 0.25) is 0 Å². The molecule has 1 amide bonds. The molecule has 1 aromatic carbocycles. The van der Waals surface area contributed by atoms with Crippen molar-refractivity contribution in [1.82, 2.24) is 5.32 Å². The van der Waals surface area contributed by atoms with E-state index in [-0.39, 0.29) is 17.5 Å². The van der Waals surface area contributed by atoms with E-state index in [4.69, 9.17) is 0 Å². The van der Waals surface area contributed by atoms with Crippen molar-refractivity contribution in [3.05, 3.63) is 29.6 Å². The van der Waals surface area contributed by atoms with E-state index in [2.05, 4.69) is 10.6 Å². The topological polar surface area (TPSA) is 41.1 Å². The second kappa shape index (κ2) is 5.39. The minimum Gasteiger partial charge on any atom is -0.323 e. The highest BCUT2D eigenvalue weighted by molar-refractivity contribution is 5.92. The molecule has 1 aliphatic rings. The lowest BCUT2D eigenvalue weighted by molar-refractivity contribution is -0.120. The number of benzene rings is 1. The van der Waals surface area contributed by atoms with Crippen molar-refractivity contribution in [2.24, 2.45) is 5.92 Å². The maximum absolute atomic E-state index is 13.3. The summed E-state index contributed by atoms with van der Waals surface area (Å²) in [6, 6.07) is 1.80. The van der Waals surface area contributed by atoms with Crippen molar-refractivity contribution in [2.45, 2.75) is 12.8 Å². The summed E-state index contributed by atoms with van der Waals surface area (Å²) in [6.07, 6.45) is 1.56. The van der Waals surface area contributed by atoms with Gasteiger partial charge in [0, 0.05) is 6.54 Å². The summed E-state index contributed by atoms with van der Waals surface area (Å²) in [5.74, 6) is -4.87. The van der Waals surface area contributed by atoms with Crippen LogP contribution in [-0.4, -0.2) is 19.0 Å². The zero-order chi connectivity index (χ0) is 13.1. The molecule has 1 aromatic rings. The highest BCUT2D eigenvalue weighted by Gasteiger charge is 2.23. The second-order valence-electron chi connectivity index (χ2n) is 4.26. The second-order valence-corrected chi connectivity index (χ2v) is 4.26. The maximum Gasteiger partial charge on any atom is 0.228 e. The molecule has 0 aromatic heterocycles. The van der Waals surface area contributed by atoms with Gasteiger partial charge in [0.25, 0.3) is 0 Å². The number of carbonyl (C=O) groups excluding carboxylic acids is 1. The van der Waals surface area contributed by atoms with Gasteiger partial charge in [-0.2, -0.15) is 0 Å². The fraction of sp³-hybridized carbons (Fsp3) is 0.417. The fourth-order valence-electron chi connectivity index (χ4n) is 1.93. The number of piperidine rings is 1. The van der Waals surface area contributed by atoms with Gasteiger partial charge < -0.3 is 10.6 Å². The Bertz CT molecular complexity index is 459. The van der Waals surface area contributed by atoms with Crippen molar-refractivity contribution in [3.63, 3.8) is 0 Å². The third kappa shape index (κ3) is 2.64. The molecule has 0 saturated carbocycles. The molecule has 1 fully saturated rings. The molecule has 18 heavy (non-hydrogen) atoms. The normalized spacial score (nSPS) is 19.6. The molecule has 2 N–H and O–H groups in total. The Kier molecular flexibility index (Phi) is 3.86. The van der Waals surface area contributed by atoms with Crippen LogP contribution in [0.3, 0.4) is 0 Å². The molecule has 0 bridgehead atoms. The smallest absolute Gasteiger partial charge is 0.228 e. The standard InChI is InChI=1S/C12H13F3N2O/c13-8-3-4-9(11(15)10(8)14)17-12(18)7-2-1-5-16-6-7/h3-4,7,16H,1-2,5-6H2,(H,17,18). The van der Waals surface area contributed by atoms with Gasteiger partial charge in [0.1, 0.15) is 0 Å². The molecule has 0 aliphatic carbocycles. The number of hydrogen-bond acceptors (Lipinski definition) is 2. The number of nitrogens with one attached hydrogen (secondary N) is 2. The fourth-order valence-corrected chi connectivity index (χ4v) is 1.93. The third-order valence-electron chi connectivity index (χ3n) is 2.96. The van der Waals surface area contributed by atoms with Gasteiger partial charge in [0.15, 0.2) is 17.5 Å². The Morgan fingerprint density at radius 2 is 2.06 bits per heavy atom. The monoisotopic (exact) mass is 258 g/mol. The van der Waals surface area contributed by atoms with Crippen LogP contribution in [0.4, 0.5) is 18.9 Å². The van der Waals surface area contributed by atoms with Crippen LogP contribution in [0.15, 0.2) is 12.1 Å². The van der Waals surface area contributed by atoms with E-state index in [1.54, 1.807) is 0 Å². The molecule has 1 atom stereocenters. The SMILES string of the molecule is O=C(Nc1ccc(F)c(F)c1F)C1CCCNC1. The van der Waals surface area contributed by atoms with Gasteiger partial charge in [0.2, 0.25) is 5.91 Å². The van der Waals surface area contributed by atoms with Crippen molar-refractivity contribution in [3.8, 4) is 0 Å². The predicted molar refractivity (Wildman–Crippen MR) is 60.5 cm³/mol. The molecule has 1 saturated heterocycles. The Labute approximate surface area is 102 Å². The van der Waals surface area contributed by atoms with Crippen molar-refractivity contribution in [2.75, 3.05) is 18.4 Å². The molecular weight excluding hydrogens is 245 g/mol. The lowest BCUT2D eigenvalue weighted by atomic mass is 9.99. The molecular formula is C12H13F3N2O. The molecule has 0 radical (unpaired) electrons.